The number of nitrogens with one attached hydrogen (secondary N) is 2. The third-order valence-corrected chi connectivity index (χ3v) is 2.86. The first-order chi connectivity index (χ1) is 7.91. The topological polar surface area (TPSA) is 92.3 Å². The molecule has 2 amide bonds. The highest BCUT2D eigenvalue weighted by Gasteiger charge is 2.11. The lowest BCUT2D eigenvalue weighted by Gasteiger charge is -2.05. The molecule has 0 aliphatic carbocycles. The first-order valence-corrected chi connectivity index (χ1v) is 6.62. The van der Waals surface area contributed by atoms with E-state index in [1.54, 1.807) is 0 Å². The molecule has 6 nitrogen and oxygen atoms in total. The van der Waals surface area contributed by atoms with Gasteiger partial charge in [-0.1, -0.05) is 12.7 Å². The molecule has 0 aromatic heterocycles. The Balaban J connectivity index is 3.76. The first-order valence-electron chi connectivity index (χ1n) is 4.90. The normalized spacial score (nSPS) is 10.4. The Labute approximate surface area is 101 Å². The minimum Gasteiger partial charge on any atom is -0.354 e. The van der Waals surface area contributed by atoms with Gasteiger partial charge in [0.15, 0.2) is 9.84 Å². The number of hydrogen-bond donors (Lipinski definition) is 2. The van der Waals surface area contributed by atoms with Crippen molar-refractivity contribution in [3.05, 3.63) is 24.6 Å². The second-order valence-electron chi connectivity index (χ2n) is 3.17. The molecular formula is C10H16N2O4S. The van der Waals surface area contributed by atoms with Crippen molar-refractivity contribution >= 4 is 21.7 Å². The molecule has 0 bridgehead atoms. The Hall–Kier alpha value is -1.63. The van der Waals surface area contributed by atoms with Crippen molar-refractivity contribution in [2.75, 3.05) is 18.8 Å². The van der Waals surface area contributed by atoms with Gasteiger partial charge in [-0.3, -0.25) is 9.59 Å². The van der Waals surface area contributed by atoms with E-state index in [2.05, 4.69) is 23.8 Å². The summed E-state index contributed by atoms with van der Waals surface area (Å²) in [5.41, 5.74) is 0. The molecule has 0 aromatic carbocycles. The third-order valence-electron chi connectivity index (χ3n) is 1.69. The fourth-order valence-electron chi connectivity index (χ4n) is 0.900. The zero-order valence-electron chi connectivity index (χ0n) is 9.44. The summed E-state index contributed by atoms with van der Waals surface area (Å²) < 4.78 is 22.0. The molecule has 2 N–H and O–H groups in total. The summed E-state index contributed by atoms with van der Waals surface area (Å²) in [6.07, 6.45) is 1.67. The molecule has 0 rings (SSSR count). The van der Waals surface area contributed by atoms with E-state index in [4.69, 9.17) is 0 Å². The summed E-state index contributed by atoms with van der Waals surface area (Å²) in [4.78, 5) is 22.1. The van der Waals surface area contributed by atoms with Gasteiger partial charge in [-0.05, 0) is 0 Å². The van der Waals surface area contributed by atoms with Gasteiger partial charge < -0.3 is 10.6 Å². The van der Waals surface area contributed by atoms with Crippen LogP contribution < -0.4 is 10.6 Å². The third kappa shape index (κ3) is 8.21. The summed E-state index contributed by atoms with van der Waals surface area (Å²) in [5, 5.41) is 5.62. The fraction of sp³-hybridized carbons (Fsp3) is 0.400. The second-order valence-corrected chi connectivity index (χ2v) is 5.11. The minimum absolute atomic E-state index is 0.175. The minimum atomic E-state index is -3.53. The quantitative estimate of drug-likeness (QED) is 0.448. The zero-order valence-corrected chi connectivity index (χ0v) is 10.3. The van der Waals surface area contributed by atoms with Crippen molar-refractivity contribution in [2.45, 2.75) is 6.42 Å². The highest BCUT2D eigenvalue weighted by Crippen LogP contribution is 1.89. The Bertz CT molecular complexity index is 401. The van der Waals surface area contributed by atoms with E-state index in [-0.39, 0.29) is 25.4 Å². The first kappa shape index (κ1) is 15.4. The molecule has 0 heterocycles. The molecule has 0 aliphatic rings. The number of carbonyl (C=O) groups is 2. The van der Waals surface area contributed by atoms with Crippen LogP contribution in [0.3, 0.4) is 0 Å². The number of carbonyl (C=O) groups excluding carboxylic acids is 2. The molecule has 0 aliphatic heterocycles. The van der Waals surface area contributed by atoms with Crippen LogP contribution >= 0.6 is 0 Å². The van der Waals surface area contributed by atoms with Crippen LogP contribution in [0, 0.1) is 0 Å². The van der Waals surface area contributed by atoms with Gasteiger partial charge in [-0.25, -0.2) is 8.42 Å². The van der Waals surface area contributed by atoms with Crippen LogP contribution in [0.5, 0.6) is 0 Å². The molecule has 0 aromatic rings. The van der Waals surface area contributed by atoms with Gasteiger partial charge >= 0.3 is 0 Å². The lowest BCUT2D eigenvalue weighted by Crippen LogP contribution is -2.36. The lowest BCUT2D eigenvalue weighted by atomic mass is 10.4. The maximum Gasteiger partial charge on any atom is 0.235 e. The van der Waals surface area contributed by atoms with E-state index >= 15 is 0 Å². The molecule has 7 heteroatoms. The molecule has 0 spiro atoms. The van der Waals surface area contributed by atoms with Crippen molar-refractivity contribution < 1.29 is 18.0 Å². The Morgan fingerprint density at radius 3 is 2.06 bits per heavy atom. The van der Waals surface area contributed by atoms with E-state index in [1.807, 2.05) is 0 Å². The monoisotopic (exact) mass is 260 g/mol. The Morgan fingerprint density at radius 2 is 1.59 bits per heavy atom. The van der Waals surface area contributed by atoms with E-state index in [0.29, 0.717) is 0 Å². The summed E-state index contributed by atoms with van der Waals surface area (Å²) >= 11 is 0. The molecule has 0 saturated carbocycles. The maximum atomic E-state index is 11.1. The average molecular weight is 260 g/mol. The van der Waals surface area contributed by atoms with Crippen LogP contribution in [0.4, 0.5) is 0 Å². The number of sulfone groups is 1. The Kier molecular flexibility index (Phi) is 6.88. The molecule has 0 radical (unpaired) electrons. The predicted octanol–water partition coefficient (Wildman–Crippen LogP) is -0.647. The largest absolute Gasteiger partial charge is 0.354 e. The van der Waals surface area contributed by atoms with Crippen LogP contribution in [0.2, 0.25) is 0 Å². The highest BCUT2D eigenvalue weighted by atomic mass is 32.2. The van der Waals surface area contributed by atoms with Crippen molar-refractivity contribution in [1.29, 1.82) is 0 Å². The van der Waals surface area contributed by atoms with Gasteiger partial charge in [0, 0.05) is 24.9 Å². The Morgan fingerprint density at radius 1 is 1.06 bits per heavy atom. The molecule has 0 unspecified atom stereocenters. The summed E-state index contributed by atoms with van der Waals surface area (Å²) in [5.74, 6) is -1.45. The van der Waals surface area contributed by atoms with Crippen molar-refractivity contribution in [3.8, 4) is 0 Å². The number of hydrogen-bond acceptors (Lipinski definition) is 4. The van der Waals surface area contributed by atoms with Gasteiger partial charge in [-0.2, -0.15) is 0 Å². The van der Waals surface area contributed by atoms with E-state index in [0.717, 1.165) is 5.41 Å². The van der Waals surface area contributed by atoms with Gasteiger partial charge in [0.2, 0.25) is 11.8 Å². The summed E-state index contributed by atoms with van der Waals surface area (Å²) in [6.45, 7) is 6.91. The van der Waals surface area contributed by atoms with Crippen LogP contribution in [-0.2, 0) is 19.4 Å². The van der Waals surface area contributed by atoms with E-state index in [1.165, 1.54) is 6.08 Å². The van der Waals surface area contributed by atoms with Crippen LogP contribution in [0.15, 0.2) is 24.6 Å². The van der Waals surface area contributed by atoms with Gasteiger partial charge in [0.25, 0.3) is 0 Å². The highest BCUT2D eigenvalue weighted by molar-refractivity contribution is 7.94. The van der Waals surface area contributed by atoms with Crippen molar-refractivity contribution in [2.24, 2.45) is 0 Å². The van der Waals surface area contributed by atoms with Crippen molar-refractivity contribution in [1.82, 2.24) is 10.6 Å². The molecule has 0 fully saturated rings. The summed E-state index contributed by atoms with van der Waals surface area (Å²) in [7, 11) is -3.53. The molecular weight excluding hydrogens is 244 g/mol. The van der Waals surface area contributed by atoms with Crippen LogP contribution in [0.1, 0.15) is 6.42 Å². The number of rotatable bonds is 8. The smallest absolute Gasteiger partial charge is 0.235 e. The van der Waals surface area contributed by atoms with Gasteiger partial charge in [0.05, 0.1) is 0 Å². The van der Waals surface area contributed by atoms with Crippen LogP contribution in [0.25, 0.3) is 0 Å². The molecule has 96 valence electrons. The maximum absolute atomic E-state index is 11.1. The van der Waals surface area contributed by atoms with E-state index < -0.39 is 21.5 Å². The molecule has 0 saturated heterocycles. The zero-order chi connectivity index (χ0) is 13.3. The molecule has 17 heavy (non-hydrogen) atoms. The summed E-state index contributed by atoms with van der Waals surface area (Å²) in [6, 6.07) is 0. The van der Waals surface area contributed by atoms with Crippen molar-refractivity contribution in [3.63, 3.8) is 0 Å². The average Bonchev–Trinajstić information content (AvgIpc) is 2.24. The fourth-order valence-corrected chi connectivity index (χ4v) is 1.49. The van der Waals surface area contributed by atoms with E-state index in [9.17, 15) is 18.0 Å². The predicted molar refractivity (Wildman–Crippen MR) is 64.8 cm³/mol. The SMILES string of the molecule is C=CCC(=O)NCCNC(=O)CS(=O)(=O)C=C. The van der Waals surface area contributed by atoms with Gasteiger partial charge in [0.1, 0.15) is 5.75 Å². The van der Waals surface area contributed by atoms with Crippen LogP contribution in [-0.4, -0.2) is 39.1 Å². The lowest BCUT2D eigenvalue weighted by molar-refractivity contribution is -0.121. The van der Waals surface area contributed by atoms with Gasteiger partial charge in [-0.15, -0.1) is 6.58 Å². The standard InChI is InChI=1S/C10H16N2O4S/c1-3-5-9(13)11-6-7-12-10(14)8-17(15,16)4-2/h3-4H,1-2,5-8H2,(H,11,13)(H,12,14). The number of amides is 2. The molecule has 0 atom stereocenters. The second kappa shape index (κ2) is 7.61.